The molecule has 2 heterocycles. The van der Waals surface area contributed by atoms with Crippen molar-refractivity contribution in [3.63, 3.8) is 0 Å². The molecule has 24 heavy (non-hydrogen) atoms. The Morgan fingerprint density at radius 1 is 1.42 bits per heavy atom. The molecule has 132 valence electrons. The smallest absolute Gasteiger partial charge is 0.225 e. The van der Waals surface area contributed by atoms with Crippen LogP contribution in [-0.4, -0.2) is 40.8 Å². The molecule has 2 amide bonds. The maximum Gasteiger partial charge on any atom is 0.225 e. The van der Waals surface area contributed by atoms with Crippen LogP contribution in [-0.2, 0) is 16.0 Å². The van der Waals surface area contributed by atoms with Crippen molar-refractivity contribution in [2.75, 3.05) is 13.1 Å². The molecular formula is C18H27N3O2S. The quantitative estimate of drug-likeness (QED) is 0.859. The lowest BCUT2D eigenvalue weighted by Crippen LogP contribution is -2.37. The van der Waals surface area contributed by atoms with Gasteiger partial charge in [0.25, 0.3) is 0 Å². The standard InChI is InChI=1S/C18H27N3O2S/c1-12(2)18-20-14(11-24-18)7-8-19-17(23)13-9-16(22)21(10-13)15-5-3-4-6-15/h11-13,15H,3-10H2,1-2H3,(H,19,23)/t13-/m1/s1. The Hall–Kier alpha value is -1.43. The lowest BCUT2D eigenvalue weighted by molar-refractivity contribution is -0.130. The number of amides is 2. The molecule has 1 aromatic rings. The van der Waals surface area contributed by atoms with E-state index in [4.69, 9.17) is 0 Å². The van der Waals surface area contributed by atoms with Crippen molar-refractivity contribution < 1.29 is 9.59 Å². The minimum atomic E-state index is -0.181. The second kappa shape index (κ2) is 7.64. The molecule has 1 N–H and O–H groups in total. The van der Waals surface area contributed by atoms with Crippen LogP contribution in [0.15, 0.2) is 5.38 Å². The monoisotopic (exact) mass is 349 g/mol. The number of nitrogens with zero attached hydrogens (tertiary/aromatic N) is 2. The first-order chi connectivity index (χ1) is 11.5. The first kappa shape index (κ1) is 17.4. The van der Waals surface area contributed by atoms with Gasteiger partial charge in [-0.3, -0.25) is 9.59 Å². The van der Waals surface area contributed by atoms with Crippen molar-refractivity contribution in [2.45, 2.75) is 64.3 Å². The highest BCUT2D eigenvalue weighted by Crippen LogP contribution is 2.29. The number of carbonyl (C=O) groups is 2. The van der Waals surface area contributed by atoms with Gasteiger partial charge in [-0.15, -0.1) is 11.3 Å². The number of hydrogen-bond donors (Lipinski definition) is 1. The summed E-state index contributed by atoms with van der Waals surface area (Å²) in [4.78, 5) is 31.1. The minimum Gasteiger partial charge on any atom is -0.355 e. The van der Waals surface area contributed by atoms with Crippen molar-refractivity contribution in [3.05, 3.63) is 16.1 Å². The Kier molecular flexibility index (Phi) is 5.54. The summed E-state index contributed by atoms with van der Waals surface area (Å²) >= 11 is 1.68. The van der Waals surface area contributed by atoms with E-state index in [9.17, 15) is 9.59 Å². The van der Waals surface area contributed by atoms with Crippen LogP contribution in [0.2, 0.25) is 0 Å². The third kappa shape index (κ3) is 3.97. The number of thiazole rings is 1. The van der Waals surface area contributed by atoms with E-state index in [0.717, 1.165) is 30.0 Å². The van der Waals surface area contributed by atoms with Crippen molar-refractivity contribution in [1.29, 1.82) is 0 Å². The number of hydrogen-bond acceptors (Lipinski definition) is 4. The third-order valence-electron chi connectivity index (χ3n) is 5.04. The summed E-state index contributed by atoms with van der Waals surface area (Å²) in [7, 11) is 0. The third-order valence-corrected chi connectivity index (χ3v) is 6.23. The van der Waals surface area contributed by atoms with E-state index in [-0.39, 0.29) is 17.7 Å². The Morgan fingerprint density at radius 3 is 2.83 bits per heavy atom. The van der Waals surface area contributed by atoms with Crippen molar-refractivity contribution in [3.8, 4) is 0 Å². The fourth-order valence-electron chi connectivity index (χ4n) is 3.64. The fraction of sp³-hybridized carbons (Fsp3) is 0.722. The largest absolute Gasteiger partial charge is 0.355 e. The molecule has 6 heteroatoms. The van der Waals surface area contributed by atoms with Crippen LogP contribution in [0, 0.1) is 5.92 Å². The van der Waals surface area contributed by atoms with Gasteiger partial charge in [0.05, 0.1) is 16.6 Å². The van der Waals surface area contributed by atoms with Gasteiger partial charge in [-0.05, 0) is 12.8 Å². The van der Waals surface area contributed by atoms with Crippen LogP contribution in [0.5, 0.6) is 0 Å². The van der Waals surface area contributed by atoms with Crippen molar-refractivity contribution in [2.24, 2.45) is 5.92 Å². The van der Waals surface area contributed by atoms with Gasteiger partial charge in [-0.1, -0.05) is 26.7 Å². The highest BCUT2D eigenvalue weighted by Gasteiger charge is 2.38. The molecule has 0 unspecified atom stereocenters. The summed E-state index contributed by atoms with van der Waals surface area (Å²) in [6, 6.07) is 0.375. The van der Waals surface area contributed by atoms with Gasteiger partial charge >= 0.3 is 0 Å². The van der Waals surface area contributed by atoms with Crippen LogP contribution in [0.4, 0.5) is 0 Å². The first-order valence-corrected chi connectivity index (χ1v) is 9.94. The van der Waals surface area contributed by atoms with E-state index in [2.05, 4.69) is 29.5 Å². The molecule has 2 aliphatic rings. The molecule has 3 rings (SSSR count). The molecule has 1 aliphatic heterocycles. The van der Waals surface area contributed by atoms with Crippen molar-refractivity contribution >= 4 is 23.2 Å². The highest BCUT2D eigenvalue weighted by molar-refractivity contribution is 7.09. The van der Waals surface area contributed by atoms with E-state index in [1.807, 2.05) is 4.90 Å². The van der Waals surface area contributed by atoms with Gasteiger partial charge in [0.2, 0.25) is 11.8 Å². The highest BCUT2D eigenvalue weighted by atomic mass is 32.1. The molecule has 0 spiro atoms. The number of carbonyl (C=O) groups excluding carboxylic acids is 2. The molecule has 1 aromatic heterocycles. The maximum atomic E-state index is 12.3. The lowest BCUT2D eigenvalue weighted by Gasteiger charge is -2.23. The summed E-state index contributed by atoms with van der Waals surface area (Å²) in [5, 5.41) is 6.21. The van der Waals surface area contributed by atoms with Crippen LogP contribution in [0.3, 0.4) is 0 Å². The average Bonchev–Trinajstić information content (AvgIpc) is 3.26. The number of nitrogens with one attached hydrogen (secondary N) is 1. The van der Waals surface area contributed by atoms with Crippen LogP contribution in [0.1, 0.15) is 62.6 Å². The van der Waals surface area contributed by atoms with Gasteiger partial charge in [-0.25, -0.2) is 4.98 Å². The van der Waals surface area contributed by atoms with Gasteiger partial charge in [0.15, 0.2) is 0 Å². The molecule has 0 aromatic carbocycles. The summed E-state index contributed by atoms with van der Waals surface area (Å²) < 4.78 is 0. The Bertz CT molecular complexity index is 593. The maximum absolute atomic E-state index is 12.3. The van der Waals surface area contributed by atoms with Crippen LogP contribution < -0.4 is 5.32 Å². The SMILES string of the molecule is CC(C)c1nc(CCNC(=O)[C@@H]2CC(=O)N(C3CCCC3)C2)cs1. The fourth-order valence-corrected chi connectivity index (χ4v) is 4.51. The van der Waals surface area contributed by atoms with E-state index in [1.165, 1.54) is 12.8 Å². The molecule has 5 nitrogen and oxygen atoms in total. The predicted octanol–water partition coefficient (Wildman–Crippen LogP) is 2.72. The summed E-state index contributed by atoms with van der Waals surface area (Å²) in [6.45, 7) is 5.47. The first-order valence-electron chi connectivity index (χ1n) is 9.06. The summed E-state index contributed by atoms with van der Waals surface area (Å²) in [5.74, 6) is 0.440. The molecule has 1 atom stereocenters. The number of rotatable bonds is 6. The lowest BCUT2D eigenvalue weighted by atomic mass is 10.1. The molecule has 0 radical (unpaired) electrons. The van der Waals surface area contributed by atoms with Gasteiger partial charge in [-0.2, -0.15) is 0 Å². The normalized spacial score (nSPS) is 21.9. The van der Waals surface area contributed by atoms with Gasteiger partial charge in [0.1, 0.15) is 0 Å². The Labute approximate surface area is 147 Å². The second-order valence-electron chi connectivity index (χ2n) is 7.26. The summed E-state index contributed by atoms with van der Waals surface area (Å²) in [6.07, 6.45) is 5.73. The summed E-state index contributed by atoms with van der Waals surface area (Å²) in [5.41, 5.74) is 1.04. The van der Waals surface area contributed by atoms with Crippen molar-refractivity contribution in [1.82, 2.24) is 15.2 Å². The van der Waals surface area contributed by atoms with Gasteiger partial charge < -0.3 is 10.2 Å². The molecular weight excluding hydrogens is 322 g/mol. The van der Waals surface area contributed by atoms with Crippen LogP contribution >= 0.6 is 11.3 Å². The molecule has 1 saturated carbocycles. The van der Waals surface area contributed by atoms with E-state index in [0.29, 0.717) is 31.5 Å². The predicted molar refractivity (Wildman–Crippen MR) is 95.0 cm³/mol. The zero-order valence-corrected chi connectivity index (χ0v) is 15.4. The van der Waals surface area contributed by atoms with E-state index >= 15 is 0 Å². The molecule has 1 aliphatic carbocycles. The topological polar surface area (TPSA) is 62.3 Å². The zero-order valence-electron chi connectivity index (χ0n) is 14.6. The number of aromatic nitrogens is 1. The molecule has 1 saturated heterocycles. The minimum absolute atomic E-state index is 0.0168. The van der Waals surface area contributed by atoms with Crippen LogP contribution in [0.25, 0.3) is 0 Å². The molecule has 2 fully saturated rings. The number of likely N-dealkylation sites (tertiary alicyclic amines) is 1. The Balaban J connectivity index is 1.44. The van der Waals surface area contributed by atoms with Gasteiger partial charge in [0, 0.05) is 43.3 Å². The van der Waals surface area contributed by atoms with E-state index < -0.39 is 0 Å². The molecule has 0 bridgehead atoms. The second-order valence-corrected chi connectivity index (χ2v) is 8.15. The Morgan fingerprint density at radius 2 is 2.17 bits per heavy atom. The zero-order chi connectivity index (χ0) is 17.1. The van der Waals surface area contributed by atoms with E-state index in [1.54, 1.807) is 11.3 Å². The average molecular weight is 350 g/mol.